The van der Waals surface area contributed by atoms with Crippen molar-refractivity contribution in [3.05, 3.63) is 35.9 Å². The van der Waals surface area contributed by atoms with Crippen molar-refractivity contribution in [3.63, 3.8) is 0 Å². The molecule has 0 radical (unpaired) electrons. The first-order valence-corrected chi connectivity index (χ1v) is 7.12. The lowest BCUT2D eigenvalue weighted by molar-refractivity contribution is -0.154. The van der Waals surface area contributed by atoms with Crippen molar-refractivity contribution < 1.29 is 13.2 Å². The normalized spacial score (nSPS) is 28.6. The second kappa shape index (κ2) is 5.37. The van der Waals surface area contributed by atoms with Crippen molar-refractivity contribution in [2.45, 2.75) is 31.1 Å². The van der Waals surface area contributed by atoms with Gasteiger partial charge in [-0.05, 0) is 24.3 Å². The Bertz CT molecular complexity index is 442. The topological polar surface area (TPSA) is 15.3 Å². The Balaban J connectivity index is 1.76. The van der Waals surface area contributed by atoms with E-state index in [2.05, 4.69) is 5.32 Å². The molecule has 1 aromatic carbocycles. The fraction of sp³-hybridized carbons (Fsp3) is 0.600. The summed E-state index contributed by atoms with van der Waals surface area (Å²) in [7, 11) is 0. The highest BCUT2D eigenvalue weighted by Gasteiger charge is 2.41. The van der Waals surface area contributed by atoms with Gasteiger partial charge in [-0.25, -0.2) is 0 Å². The van der Waals surface area contributed by atoms with Gasteiger partial charge in [0.15, 0.2) is 0 Å². The zero-order chi connectivity index (χ0) is 14.2. The van der Waals surface area contributed by atoms with Crippen LogP contribution >= 0.6 is 0 Å². The van der Waals surface area contributed by atoms with Crippen LogP contribution in [0.4, 0.5) is 13.2 Å². The summed E-state index contributed by atoms with van der Waals surface area (Å²) in [5.41, 5.74) is 0.957. The predicted octanol–water partition coefficient (Wildman–Crippen LogP) is 2.97. The van der Waals surface area contributed by atoms with Crippen LogP contribution in [0.15, 0.2) is 30.3 Å². The van der Waals surface area contributed by atoms with Crippen LogP contribution in [0, 0.1) is 5.92 Å². The maximum atomic E-state index is 12.8. The molecule has 2 aliphatic rings. The fourth-order valence-electron chi connectivity index (χ4n) is 3.06. The van der Waals surface area contributed by atoms with Crippen LogP contribution < -0.4 is 5.32 Å². The molecule has 1 aliphatic carbocycles. The van der Waals surface area contributed by atoms with Crippen molar-refractivity contribution in [3.8, 4) is 0 Å². The zero-order valence-electron chi connectivity index (χ0n) is 11.2. The number of nitrogens with one attached hydrogen (secondary N) is 1. The summed E-state index contributed by atoms with van der Waals surface area (Å²) in [6, 6.07) is 9.51. The summed E-state index contributed by atoms with van der Waals surface area (Å²) in [5, 5.41) is 3.44. The molecule has 1 saturated heterocycles. The van der Waals surface area contributed by atoms with Crippen molar-refractivity contribution >= 4 is 0 Å². The molecule has 110 valence electrons. The molecule has 2 nitrogen and oxygen atoms in total. The second-order valence-electron chi connectivity index (χ2n) is 5.82. The number of hydrogen-bond acceptors (Lipinski definition) is 2. The van der Waals surface area contributed by atoms with Gasteiger partial charge < -0.3 is 5.32 Å². The number of benzene rings is 1. The highest BCUT2D eigenvalue weighted by molar-refractivity contribution is 5.20. The zero-order valence-corrected chi connectivity index (χ0v) is 11.2. The highest BCUT2D eigenvalue weighted by atomic mass is 19.4. The smallest absolute Gasteiger partial charge is 0.311 e. The van der Waals surface area contributed by atoms with Crippen molar-refractivity contribution in [2.75, 3.05) is 19.6 Å². The number of alkyl halides is 3. The van der Waals surface area contributed by atoms with E-state index in [1.165, 1.54) is 0 Å². The Kier molecular flexibility index (Phi) is 3.73. The third kappa shape index (κ3) is 3.33. The molecule has 0 amide bonds. The molecular formula is C15H19F3N2. The SMILES string of the molecule is FC(F)(F)CN1CC(C2CC2)NCC1c1ccccc1. The van der Waals surface area contributed by atoms with Crippen molar-refractivity contribution in [1.29, 1.82) is 0 Å². The predicted molar refractivity (Wildman–Crippen MR) is 71.3 cm³/mol. The molecule has 2 atom stereocenters. The third-order valence-corrected chi connectivity index (χ3v) is 4.20. The van der Waals surface area contributed by atoms with Gasteiger partial charge in [0.25, 0.3) is 0 Å². The van der Waals surface area contributed by atoms with Crippen LogP contribution in [-0.2, 0) is 0 Å². The summed E-state index contributed by atoms with van der Waals surface area (Å²) in [6.07, 6.45) is -1.85. The van der Waals surface area contributed by atoms with Crippen LogP contribution in [0.2, 0.25) is 0 Å². The number of piperazine rings is 1. The van der Waals surface area contributed by atoms with Gasteiger partial charge in [-0.1, -0.05) is 30.3 Å². The summed E-state index contributed by atoms with van der Waals surface area (Å²) in [5.74, 6) is 0.572. The van der Waals surface area contributed by atoms with Crippen molar-refractivity contribution in [2.24, 2.45) is 5.92 Å². The van der Waals surface area contributed by atoms with Gasteiger partial charge in [0.2, 0.25) is 0 Å². The molecule has 2 unspecified atom stereocenters. The maximum Gasteiger partial charge on any atom is 0.401 e. The van der Waals surface area contributed by atoms with Crippen LogP contribution in [0.25, 0.3) is 0 Å². The molecular weight excluding hydrogens is 265 g/mol. The Morgan fingerprint density at radius 3 is 2.45 bits per heavy atom. The first-order valence-electron chi connectivity index (χ1n) is 7.12. The van der Waals surface area contributed by atoms with E-state index in [1.807, 2.05) is 30.3 Å². The summed E-state index contributed by atoms with van der Waals surface area (Å²) < 4.78 is 38.4. The minimum atomic E-state index is -4.14. The summed E-state index contributed by atoms with van der Waals surface area (Å²) >= 11 is 0. The van der Waals surface area contributed by atoms with Crippen LogP contribution in [0.5, 0.6) is 0 Å². The van der Waals surface area contributed by atoms with E-state index >= 15 is 0 Å². The molecule has 0 aromatic heterocycles. The van der Waals surface area contributed by atoms with E-state index in [9.17, 15) is 13.2 Å². The quantitative estimate of drug-likeness (QED) is 0.918. The molecule has 0 bridgehead atoms. The van der Waals surface area contributed by atoms with Gasteiger partial charge in [-0.15, -0.1) is 0 Å². The third-order valence-electron chi connectivity index (χ3n) is 4.20. The molecule has 1 aliphatic heterocycles. The van der Waals surface area contributed by atoms with Gasteiger partial charge >= 0.3 is 6.18 Å². The van der Waals surface area contributed by atoms with Gasteiger partial charge in [-0.3, -0.25) is 4.90 Å². The lowest BCUT2D eigenvalue weighted by atomic mass is 9.99. The molecule has 20 heavy (non-hydrogen) atoms. The molecule has 1 saturated carbocycles. The summed E-state index contributed by atoms with van der Waals surface area (Å²) in [4.78, 5) is 1.59. The van der Waals surface area contributed by atoms with E-state index in [-0.39, 0.29) is 12.1 Å². The van der Waals surface area contributed by atoms with Crippen LogP contribution in [0.3, 0.4) is 0 Å². The van der Waals surface area contributed by atoms with Crippen LogP contribution in [-0.4, -0.2) is 36.8 Å². The Hall–Kier alpha value is -1.07. The van der Waals surface area contributed by atoms with Gasteiger partial charge in [-0.2, -0.15) is 13.2 Å². The lowest BCUT2D eigenvalue weighted by Gasteiger charge is -2.41. The molecule has 1 N–H and O–H groups in total. The fourth-order valence-corrected chi connectivity index (χ4v) is 3.06. The molecule has 0 spiro atoms. The van der Waals surface area contributed by atoms with Gasteiger partial charge in [0.1, 0.15) is 0 Å². The largest absolute Gasteiger partial charge is 0.401 e. The molecule has 5 heteroatoms. The first-order chi connectivity index (χ1) is 9.53. The monoisotopic (exact) mass is 284 g/mol. The van der Waals surface area contributed by atoms with Gasteiger partial charge in [0.05, 0.1) is 6.54 Å². The maximum absolute atomic E-state index is 12.8. The average molecular weight is 284 g/mol. The standard InChI is InChI=1S/C15H19F3N2/c16-15(17,18)10-20-9-13(11-6-7-11)19-8-14(20)12-4-2-1-3-5-12/h1-5,11,13-14,19H,6-10H2. The number of rotatable bonds is 3. The van der Waals surface area contributed by atoms with E-state index in [0.29, 0.717) is 19.0 Å². The van der Waals surface area contributed by atoms with E-state index in [4.69, 9.17) is 0 Å². The Morgan fingerprint density at radius 2 is 1.85 bits per heavy atom. The lowest BCUT2D eigenvalue weighted by Crippen LogP contribution is -2.55. The minimum Gasteiger partial charge on any atom is -0.311 e. The minimum absolute atomic E-state index is 0.187. The average Bonchev–Trinajstić information content (AvgIpc) is 3.22. The van der Waals surface area contributed by atoms with Crippen molar-refractivity contribution in [1.82, 2.24) is 10.2 Å². The molecule has 1 aromatic rings. The first kappa shape index (κ1) is 13.9. The number of nitrogens with zero attached hydrogens (tertiary/aromatic N) is 1. The van der Waals surface area contributed by atoms with E-state index in [0.717, 1.165) is 18.4 Å². The van der Waals surface area contributed by atoms with Crippen LogP contribution in [0.1, 0.15) is 24.4 Å². The molecule has 3 rings (SSSR count). The Morgan fingerprint density at radius 1 is 1.15 bits per heavy atom. The second-order valence-corrected chi connectivity index (χ2v) is 5.82. The number of hydrogen-bond donors (Lipinski definition) is 1. The van der Waals surface area contributed by atoms with Gasteiger partial charge in [0, 0.05) is 25.2 Å². The molecule has 2 fully saturated rings. The number of halogens is 3. The summed E-state index contributed by atoms with van der Waals surface area (Å²) in [6.45, 7) is 0.266. The van der Waals surface area contributed by atoms with E-state index in [1.54, 1.807) is 4.90 Å². The molecule has 1 heterocycles. The Labute approximate surface area is 117 Å². The highest BCUT2D eigenvalue weighted by Crippen LogP contribution is 2.37. The van der Waals surface area contributed by atoms with E-state index < -0.39 is 12.7 Å².